The van der Waals surface area contributed by atoms with E-state index in [0.717, 1.165) is 29.7 Å². The van der Waals surface area contributed by atoms with Gasteiger partial charge < -0.3 is 15.5 Å². The largest absolute Gasteiger partial charge is 0.508 e. The number of rotatable bonds is 6. The Balaban J connectivity index is 0.000000253. The van der Waals surface area contributed by atoms with Gasteiger partial charge in [-0.25, -0.2) is 0 Å². The average molecular weight is 400 g/mol. The molecule has 1 fully saturated rings. The first-order chi connectivity index (χ1) is 13.8. The van der Waals surface area contributed by atoms with Crippen LogP contribution in [-0.4, -0.2) is 29.3 Å². The van der Waals surface area contributed by atoms with E-state index in [9.17, 15) is 9.90 Å². The van der Waals surface area contributed by atoms with E-state index in [1.54, 1.807) is 12.1 Å². The van der Waals surface area contributed by atoms with Gasteiger partial charge in [0, 0.05) is 6.54 Å². The number of carboxylic acids is 1. The van der Waals surface area contributed by atoms with Crippen molar-refractivity contribution in [2.45, 2.75) is 65.7 Å². The van der Waals surface area contributed by atoms with Crippen molar-refractivity contribution in [3.8, 4) is 5.75 Å². The van der Waals surface area contributed by atoms with Gasteiger partial charge >= 0.3 is 5.97 Å². The molecule has 2 aromatic rings. The first-order valence-electron chi connectivity index (χ1n) is 10.9. The number of carboxylic acid groups (broad SMARTS) is 1. The molecule has 0 aromatic heterocycles. The Kier molecular flexibility index (Phi) is 8.97. The van der Waals surface area contributed by atoms with Crippen molar-refractivity contribution in [2.75, 3.05) is 13.1 Å². The minimum Gasteiger partial charge on any atom is -0.508 e. The monoisotopic (exact) mass is 399 g/mol. The van der Waals surface area contributed by atoms with Gasteiger partial charge in [0.15, 0.2) is 0 Å². The Bertz CT molecular complexity index is 773. The molecule has 0 unspecified atom stereocenters. The predicted molar refractivity (Wildman–Crippen MR) is 120 cm³/mol. The van der Waals surface area contributed by atoms with Gasteiger partial charge in [-0.2, -0.15) is 0 Å². The first kappa shape index (κ1) is 23.2. The first-order valence-corrected chi connectivity index (χ1v) is 10.9. The van der Waals surface area contributed by atoms with Crippen molar-refractivity contribution in [1.82, 2.24) is 5.32 Å². The number of phenolic OH excluding ortho intramolecular Hbond substituents is 1. The summed E-state index contributed by atoms with van der Waals surface area (Å²) in [5, 5.41) is 23.1. The van der Waals surface area contributed by atoms with Crippen LogP contribution in [0, 0.1) is 11.3 Å². The molecule has 3 rings (SSSR count). The number of aromatic hydroxyl groups is 1. The fourth-order valence-corrected chi connectivity index (χ4v) is 3.96. The summed E-state index contributed by atoms with van der Waals surface area (Å²) in [5.74, 6) is 0.495. The van der Waals surface area contributed by atoms with Crippen LogP contribution < -0.4 is 5.32 Å². The van der Waals surface area contributed by atoms with Crippen molar-refractivity contribution >= 4 is 16.7 Å². The molecule has 0 aliphatic heterocycles. The lowest BCUT2D eigenvalue weighted by atomic mass is 9.72. The summed E-state index contributed by atoms with van der Waals surface area (Å²) in [6.45, 7) is 8.39. The second-order valence-corrected chi connectivity index (χ2v) is 9.21. The van der Waals surface area contributed by atoms with Gasteiger partial charge in [0.1, 0.15) is 5.75 Å². The lowest BCUT2D eigenvalue weighted by Crippen LogP contribution is -2.22. The van der Waals surface area contributed by atoms with Crippen LogP contribution >= 0.6 is 0 Å². The maximum atomic E-state index is 10.3. The van der Waals surface area contributed by atoms with E-state index in [0.29, 0.717) is 12.0 Å². The van der Waals surface area contributed by atoms with Crippen molar-refractivity contribution in [3.05, 3.63) is 42.0 Å². The smallest absolute Gasteiger partial charge is 0.304 e. The molecule has 0 spiro atoms. The molecule has 3 N–H and O–H groups in total. The van der Waals surface area contributed by atoms with E-state index < -0.39 is 5.97 Å². The maximum Gasteiger partial charge on any atom is 0.304 e. The summed E-state index contributed by atoms with van der Waals surface area (Å²) >= 11 is 0. The second kappa shape index (κ2) is 11.2. The molecule has 4 heteroatoms. The Labute approximate surface area is 175 Å². The molecule has 0 atom stereocenters. The molecule has 2 aromatic carbocycles. The molecule has 0 heterocycles. The molecule has 1 aliphatic carbocycles. The predicted octanol–water partition coefficient (Wildman–Crippen LogP) is 5.77. The van der Waals surface area contributed by atoms with Crippen molar-refractivity contribution < 1.29 is 15.0 Å². The Morgan fingerprint density at radius 2 is 1.66 bits per heavy atom. The molecular weight excluding hydrogens is 362 g/mol. The van der Waals surface area contributed by atoms with Gasteiger partial charge in [0.05, 0.1) is 6.42 Å². The highest BCUT2D eigenvalue weighted by Crippen LogP contribution is 2.37. The normalized spacial score (nSPS) is 15.0. The summed E-state index contributed by atoms with van der Waals surface area (Å²) in [7, 11) is 0. The molecule has 29 heavy (non-hydrogen) atoms. The molecule has 0 bridgehead atoms. The number of fused-ring (bicyclic) bond motifs is 1. The number of carbonyl (C=O) groups is 1. The van der Waals surface area contributed by atoms with Crippen LogP contribution in [0.25, 0.3) is 10.8 Å². The van der Waals surface area contributed by atoms with Crippen molar-refractivity contribution in [3.63, 3.8) is 0 Å². The summed E-state index contributed by atoms with van der Waals surface area (Å²) in [6.07, 6.45) is 8.39. The zero-order valence-corrected chi connectivity index (χ0v) is 18.2. The molecular formula is C25H37NO3. The van der Waals surface area contributed by atoms with Crippen LogP contribution in [0.5, 0.6) is 5.75 Å². The fourth-order valence-electron chi connectivity index (χ4n) is 3.96. The third-order valence-corrected chi connectivity index (χ3v) is 5.82. The van der Waals surface area contributed by atoms with Crippen molar-refractivity contribution in [1.29, 1.82) is 0 Å². The summed E-state index contributed by atoms with van der Waals surface area (Å²) in [5.41, 5.74) is 1.77. The van der Waals surface area contributed by atoms with Gasteiger partial charge in [-0.3, -0.25) is 4.79 Å². The van der Waals surface area contributed by atoms with Gasteiger partial charge in [0.25, 0.3) is 0 Å². The third-order valence-electron chi connectivity index (χ3n) is 5.82. The van der Waals surface area contributed by atoms with Crippen LogP contribution in [0.1, 0.15) is 64.9 Å². The van der Waals surface area contributed by atoms with Crippen LogP contribution in [-0.2, 0) is 11.2 Å². The quantitative estimate of drug-likeness (QED) is 0.540. The SMILES string of the molecule is CC(C)(C)C1CCCCC1.O=C(O)CCNCCc1ccc2cc(O)ccc2c1. The molecule has 1 saturated carbocycles. The number of hydrogen-bond donors (Lipinski definition) is 3. The summed E-state index contributed by atoms with van der Waals surface area (Å²) in [4.78, 5) is 10.3. The Morgan fingerprint density at radius 1 is 1.00 bits per heavy atom. The Morgan fingerprint density at radius 3 is 2.28 bits per heavy atom. The van der Waals surface area contributed by atoms with Gasteiger partial charge in [-0.15, -0.1) is 0 Å². The van der Waals surface area contributed by atoms with Crippen molar-refractivity contribution in [2.24, 2.45) is 11.3 Å². The minimum absolute atomic E-state index is 0.150. The van der Waals surface area contributed by atoms with E-state index in [1.165, 1.54) is 37.7 Å². The average Bonchev–Trinajstić information content (AvgIpc) is 2.68. The topological polar surface area (TPSA) is 69.6 Å². The third kappa shape index (κ3) is 8.45. The van der Waals surface area contributed by atoms with Crippen LogP contribution in [0.2, 0.25) is 0 Å². The van der Waals surface area contributed by atoms with Crippen LogP contribution in [0.3, 0.4) is 0 Å². The zero-order chi connectivity index (χ0) is 21.3. The summed E-state index contributed by atoms with van der Waals surface area (Å²) in [6, 6.07) is 11.4. The molecule has 4 nitrogen and oxygen atoms in total. The Hall–Kier alpha value is -2.07. The fraction of sp³-hybridized carbons (Fsp3) is 0.560. The maximum absolute atomic E-state index is 10.3. The lowest BCUT2D eigenvalue weighted by molar-refractivity contribution is -0.136. The van der Waals surface area contributed by atoms with E-state index >= 15 is 0 Å². The van der Waals surface area contributed by atoms with Gasteiger partial charge in [0.2, 0.25) is 0 Å². The highest BCUT2D eigenvalue weighted by atomic mass is 16.4. The minimum atomic E-state index is -0.780. The zero-order valence-electron chi connectivity index (χ0n) is 18.2. The molecule has 0 amide bonds. The van der Waals surface area contributed by atoms with Crippen LogP contribution in [0.4, 0.5) is 0 Å². The summed E-state index contributed by atoms with van der Waals surface area (Å²) < 4.78 is 0. The van der Waals surface area contributed by atoms with Gasteiger partial charge in [-0.1, -0.05) is 64.3 Å². The second-order valence-electron chi connectivity index (χ2n) is 9.21. The number of nitrogens with one attached hydrogen (secondary N) is 1. The number of hydrogen-bond acceptors (Lipinski definition) is 3. The highest BCUT2D eigenvalue weighted by molar-refractivity contribution is 5.84. The van der Waals surface area contributed by atoms with E-state index in [-0.39, 0.29) is 12.2 Å². The number of aliphatic carboxylic acids is 1. The number of benzene rings is 2. The highest BCUT2D eigenvalue weighted by Gasteiger charge is 2.25. The standard InChI is InChI=1S/C15H17NO3.C10H20/c17-14-4-3-12-9-11(1-2-13(12)10-14)5-7-16-8-6-15(18)19;1-10(2,3)9-7-5-4-6-8-9/h1-4,9-10,16-17H,5-8H2,(H,18,19);9H,4-8H2,1-3H3. The molecule has 160 valence electrons. The van der Waals surface area contributed by atoms with E-state index in [1.807, 2.05) is 18.2 Å². The molecule has 0 saturated heterocycles. The lowest BCUT2D eigenvalue weighted by Gasteiger charge is -2.33. The number of phenols is 1. The van der Waals surface area contributed by atoms with E-state index in [4.69, 9.17) is 5.11 Å². The molecule has 1 aliphatic rings. The van der Waals surface area contributed by atoms with Crippen LogP contribution in [0.15, 0.2) is 36.4 Å². The molecule has 0 radical (unpaired) electrons. The van der Waals surface area contributed by atoms with Gasteiger partial charge in [-0.05, 0) is 65.6 Å². The van der Waals surface area contributed by atoms with E-state index in [2.05, 4.69) is 32.2 Å².